The van der Waals surface area contributed by atoms with Crippen molar-refractivity contribution in [2.24, 2.45) is 5.92 Å². The quantitative estimate of drug-likeness (QED) is 0.744. The van der Waals surface area contributed by atoms with E-state index in [4.69, 9.17) is 0 Å². The van der Waals surface area contributed by atoms with Crippen LogP contribution in [0.2, 0.25) is 0 Å². The number of nitrogens with one attached hydrogen (secondary N) is 1. The number of carboxylic acids is 1. The average Bonchev–Trinajstić information content (AvgIpc) is 3.07. The first-order valence-corrected chi connectivity index (χ1v) is 9.94. The minimum absolute atomic E-state index is 0.0454. The fourth-order valence-electron chi connectivity index (χ4n) is 2.85. The van der Waals surface area contributed by atoms with Crippen LogP contribution in [0.1, 0.15) is 43.5 Å². The Morgan fingerprint density at radius 1 is 1.27 bits per heavy atom. The molecule has 0 aliphatic carbocycles. The predicted molar refractivity (Wildman–Crippen MR) is 92.7 cm³/mol. The molecule has 1 unspecified atom stereocenters. The van der Waals surface area contributed by atoms with Gasteiger partial charge in [0.25, 0.3) is 5.91 Å². The van der Waals surface area contributed by atoms with Crippen molar-refractivity contribution in [2.45, 2.75) is 44.0 Å². The number of rotatable bonds is 7. The largest absolute Gasteiger partial charge is 0.480 e. The number of hydrogen-bond acceptors (Lipinski definition) is 4. The van der Waals surface area contributed by atoms with Crippen molar-refractivity contribution in [3.8, 4) is 0 Å². The lowest BCUT2D eigenvalue weighted by atomic mass is 10.1. The Hall–Kier alpha value is -2.00. The summed E-state index contributed by atoms with van der Waals surface area (Å²) in [5, 5.41) is 9.17. The fraction of sp³-hybridized carbons (Fsp3) is 0.529. The number of halogens is 1. The van der Waals surface area contributed by atoms with Crippen LogP contribution in [0.5, 0.6) is 0 Å². The summed E-state index contributed by atoms with van der Waals surface area (Å²) in [6.07, 6.45) is 1.81. The van der Waals surface area contributed by atoms with Gasteiger partial charge in [0.2, 0.25) is 10.0 Å². The van der Waals surface area contributed by atoms with E-state index in [1.54, 1.807) is 13.8 Å². The zero-order valence-electron chi connectivity index (χ0n) is 14.7. The molecular weight excluding hydrogens is 363 g/mol. The third-order valence-corrected chi connectivity index (χ3v) is 5.65. The van der Waals surface area contributed by atoms with E-state index in [-0.39, 0.29) is 17.9 Å². The predicted octanol–water partition coefficient (Wildman–Crippen LogP) is 1.84. The molecule has 1 heterocycles. The van der Waals surface area contributed by atoms with Crippen LogP contribution in [-0.4, -0.2) is 49.4 Å². The molecule has 1 atom stereocenters. The van der Waals surface area contributed by atoms with Gasteiger partial charge in [-0.05, 0) is 43.4 Å². The molecule has 26 heavy (non-hydrogen) atoms. The van der Waals surface area contributed by atoms with Gasteiger partial charge in [0.05, 0.1) is 10.5 Å². The average molecular weight is 386 g/mol. The summed E-state index contributed by atoms with van der Waals surface area (Å²) in [5.41, 5.74) is -0.192. The lowest BCUT2D eigenvalue weighted by Gasteiger charge is -2.18. The van der Waals surface area contributed by atoms with Crippen LogP contribution in [-0.2, 0) is 14.8 Å². The van der Waals surface area contributed by atoms with E-state index in [1.807, 2.05) is 0 Å². The van der Waals surface area contributed by atoms with Crippen LogP contribution >= 0.6 is 0 Å². The summed E-state index contributed by atoms with van der Waals surface area (Å²) in [6.45, 7) is 4.64. The Labute approximate surface area is 152 Å². The maximum Gasteiger partial charge on any atom is 0.321 e. The molecule has 9 heteroatoms. The van der Waals surface area contributed by atoms with E-state index < -0.39 is 38.7 Å². The highest BCUT2D eigenvalue weighted by molar-refractivity contribution is 7.89. The second kappa shape index (κ2) is 8.13. The smallest absolute Gasteiger partial charge is 0.321 e. The highest BCUT2D eigenvalue weighted by atomic mass is 32.2. The van der Waals surface area contributed by atoms with Crippen LogP contribution in [0, 0.1) is 11.7 Å². The molecule has 2 rings (SSSR count). The second-order valence-electron chi connectivity index (χ2n) is 6.78. The van der Waals surface area contributed by atoms with Crippen molar-refractivity contribution in [3.05, 3.63) is 29.6 Å². The molecule has 0 bridgehead atoms. The Morgan fingerprint density at radius 3 is 2.38 bits per heavy atom. The molecule has 0 radical (unpaired) electrons. The zero-order chi connectivity index (χ0) is 19.5. The van der Waals surface area contributed by atoms with Crippen LogP contribution < -0.4 is 4.72 Å². The van der Waals surface area contributed by atoms with Gasteiger partial charge >= 0.3 is 5.97 Å². The summed E-state index contributed by atoms with van der Waals surface area (Å²) >= 11 is 0. The molecule has 1 amide bonds. The van der Waals surface area contributed by atoms with Crippen LogP contribution in [0.25, 0.3) is 0 Å². The second-order valence-corrected chi connectivity index (χ2v) is 8.50. The first-order chi connectivity index (χ1) is 12.1. The molecule has 1 aliphatic rings. The molecule has 7 nitrogen and oxygen atoms in total. The van der Waals surface area contributed by atoms with Crippen molar-refractivity contribution < 1.29 is 27.5 Å². The Morgan fingerprint density at radius 2 is 1.88 bits per heavy atom. The van der Waals surface area contributed by atoms with E-state index in [9.17, 15) is 27.5 Å². The van der Waals surface area contributed by atoms with E-state index >= 15 is 0 Å². The van der Waals surface area contributed by atoms with Crippen LogP contribution in [0.15, 0.2) is 23.1 Å². The van der Waals surface area contributed by atoms with Crippen LogP contribution in [0.3, 0.4) is 0 Å². The minimum Gasteiger partial charge on any atom is -0.480 e. The maximum atomic E-state index is 14.3. The fourth-order valence-corrected chi connectivity index (χ4v) is 4.07. The van der Waals surface area contributed by atoms with Crippen molar-refractivity contribution in [2.75, 3.05) is 13.1 Å². The van der Waals surface area contributed by atoms with Gasteiger partial charge in [-0.25, -0.2) is 12.8 Å². The maximum absolute atomic E-state index is 14.3. The van der Waals surface area contributed by atoms with E-state index in [1.165, 1.54) is 4.90 Å². The molecule has 0 saturated carbocycles. The molecule has 1 aromatic rings. The number of benzene rings is 1. The Balaban J connectivity index is 2.23. The molecule has 144 valence electrons. The zero-order valence-corrected chi connectivity index (χ0v) is 15.6. The minimum atomic E-state index is -4.23. The number of nitrogens with zero attached hydrogens (tertiary/aromatic N) is 1. The van der Waals surface area contributed by atoms with Crippen molar-refractivity contribution in [3.63, 3.8) is 0 Å². The topological polar surface area (TPSA) is 104 Å². The molecule has 2 N–H and O–H groups in total. The van der Waals surface area contributed by atoms with Crippen LogP contribution in [0.4, 0.5) is 4.39 Å². The number of hydrogen-bond donors (Lipinski definition) is 2. The summed E-state index contributed by atoms with van der Waals surface area (Å²) in [4.78, 5) is 24.6. The van der Waals surface area contributed by atoms with Gasteiger partial charge in [-0.3, -0.25) is 9.59 Å². The van der Waals surface area contributed by atoms with Gasteiger partial charge in [-0.2, -0.15) is 4.72 Å². The van der Waals surface area contributed by atoms with Gasteiger partial charge in [-0.1, -0.05) is 13.8 Å². The molecule has 1 saturated heterocycles. The molecule has 1 aliphatic heterocycles. The highest BCUT2D eigenvalue weighted by Gasteiger charge is 2.28. The summed E-state index contributed by atoms with van der Waals surface area (Å²) in [5.74, 6) is -2.76. The lowest BCUT2D eigenvalue weighted by Crippen LogP contribution is -2.41. The number of carbonyl (C=O) groups is 2. The van der Waals surface area contributed by atoms with Gasteiger partial charge in [0.15, 0.2) is 0 Å². The van der Waals surface area contributed by atoms with Crippen molar-refractivity contribution in [1.82, 2.24) is 9.62 Å². The SMILES string of the molecule is CC(C)CC(NS(=O)(=O)c1ccc(C(=O)N2CCCC2)c(F)c1)C(=O)O. The Kier molecular flexibility index (Phi) is 6.35. The Bertz CT molecular complexity index is 788. The third-order valence-electron chi connectivity index (χ3n) is 4.18. The van der Waals surface area contributed by atoms with E-state index in [2.05, 4.69) is 4.72 Å². The molecule has 1 aromatic carbocycles. The van der Waals surface area contributed by atoms with Gasteiger partial charge in [0.1, 0.15) is 11.9 Å². The lowest BCUT2D eigenvalue weighted by molar-refractivity contribution is -0.139. The number of likely N-dealkylation sites (tertiary alicyclic amines) is 1. The van der Waals surface area contributed by atoms with Gasteiger partial charge in [0, 0.05) is 13.1 Å². The summed E-state index contributed by atoms with van der Waals surface area (Å²) in [7, 11) is -4.23. The number of carboxylic acid groups (broad SMARTS) is 1. The van der Waals surface area contributed by atoms with Gasteiger partial charge < -0.3 is 10.0 Å². The van der Waals surface area contributed by atoms with Crippen molar-refractivity contribution in [1.29, 1.82) is 0 Å². The molecule has 1 fully saturated rings. The monoisotopic (exact) mass is 386 g/mol. The number of sulfonamides is 1. The van der Waals surface area contributed by atoms with E-state index in [0.29, 0.717) is 13.1 Å². The summed E-state index contributed by atoms with van der Waals surface area (Å²) < 4.78 is 41.2. The normalized spacial score (nSPS) is 16.1. The summed E-state index contributed by atoms with van der Waals surface area (Å²) in [6, 6.07) is 1.68. The third kappa shape index (κ3) is 4.79. The first kappa shape index (κ1) is 20.3. The number of amides is 1. The molecular formula is C17H23FN2O5S. The highest BCUT2D eigenvalue weighted by Crippen LogP contribution is 2.20. The van der Waals surface area contributed by atoms with E-state index in [0.717, 1.165) is 31.0 Å². The first-order valence-electron chi connectivity index (χ1n) is 8.46. The molecule has 0 spiro atoms. The molecule has 0 aromatic heterocycles. The standard InChI is InChI=1S/C17H23FN2O5S/c1-11(2)9-15(17(22)23)19-26(24,25)12-5-6-13(14(18)10-12)16(21)20-7-3-4-8-20/h5-6,10-11,15,19H,3-4,7-9H2,1-2H3,(H,22,23). The number of aliphatic carboxylic acids is 1. The van der Waals surface area contributed by atoms with Crippen molar-refractivity contribution >= 4 is 21.9 Å². The van der Waals surface area contributed by atoms with Gasteiger partial charge in [-0.15, -0.1) is 0 Å². The number of carbonyl (C=O) groups excluding carboxylic acids is 1.